The lowest BCUT2D eigenvalue weighted by Gasteiger charge is -2.15. The Balaban J connectivity index is 1.67. The van der Waals surface area contributed by atoms with Crippen molar-refractivity contribution in [2.24, 2.45) is 7.05 Å². The fourth-order valence-corrected chi connectivity index (χ4v) is 2.96. The number of hydrogen-bond donors (Lipinski definition) is 1. The van der Waals surface area contributed by atoms with Crippen molar-refractivity contribution in [2.75, 3.05) is 7.11 Å². The first kappa shape index (κ1) is 17.7. The molecular weight excluding hydrogens is 326 g/mol. The van der Waals surface area contributed by atoms with Crippen LogP contribution >= 0.6 is 0 Å². The first-order valence-corrected chi connectivity index (χ1v) is 8.57. The van der Waals surface area contributed by atoms with Crippen molar-refractivity contribution in [1.82, 2.24) is 15.1 Å². The summed E-state index contributed by atoms with van der Waals surface area (Å²) in [4.78, 5) is 12.2. The molecule has 1 atom stereocenters. The van der Waals surface area contributed by atoms with E-state index < -0.39 is 0 Å². The number of nitrogens with zero attached hydrogens (tertiary/aromatic N) is 2. The molecule has 0 radical (unpaired) electrons. The summed E-state index contributed by atoms with van der Waals surface area (Å²) in [7, 11) is 3.51. The molecule has 3 aromatic rings. The Bertz CT molecular complexity index is 884. The Labute approximate surface area is 153 Å². The van der Waals surface area contributed by atoms with Crippen molar-refractivity contribution in [2.45, 2.75) is 19.4 Å². The molecule has 0 aliphatic heterocycles. The first-order chi connectivity index (χ1) is 12.6. The second-order valence-corrected chi connectivity index (χ2v) is 6.31. The molecule has 1 amide bonds. The van der Waals surface area contributed by atoms with Crippen LogP contribution in [0.3, 0.4) is 0 Å². The van der Waals surface area contributed by atoms with Gasteiger partial charge >= 0.3 is 0 Å². The van der Waals surface area contributed by atoms with Gasteiger partial charge in [-0.05, 0) is 29.7 Å². The summed E-state index contributed by atoms with van der Waals surface area (Å²) in [5.41, 5.74) is 4.10. The number of carbonyl (C=O) groups is 1. The van der Waals surface area contributed by atoms with Crippen LogP contribution < -0.4 is 10.1 Å². The molecule has 0 saturated carbocycles. The van der Waals surface area contributed by atoms with Crippen molar-refractivity contribution < 1.29 is 9.53 Å². The van der Waals surface area contributed by atoms with E-state index in [9.17, 15) is 4.79 Å². The molecule has 5 heteroatoms. The number of aryl methyl sites for hydroxylation is 1. The van der Waals surface area contributed by atoms with Crippen LogP contribution in [0.4, 0.5) is 0 Å². The monoisotopic (exact) mass is 349 g/mol. The van der Waals surface area contributed by atoms with Crippen LogP contribution in [0.15, 0.2) is 60.9 Å². The van der Waals surface area contributed by atoms with E-state index in [1.165, 1.54) is 0 Å². The standard InChI is InChI=1S/C21H23N3O2/c1-15(23-21(25)12-16-13-22-24(2)14-16)17-8-10-18(11-9-17)19-6-4-5-7-20(19)26-3/h4-11,13-15H,12H2,1-3H3,(H,23,25)/t15-/m0/s1. The maximum Gasteiger partial charge on any atom is 0.225 e. The smallest absolute Gasteiger partial charge is 0.225 e. The average Bonchev–Trinajstić information content (AvgIpc) is 3.06. The third-order valence-corrected chi connectivity index (χ3v) is 4.33. The van der Waals surface area contributed by atoms with E-state index in [-0.39, 0.29) is 11.9 Å². The zero-order chi connectivity index (χ0) is 18.5. The van der Waals surface area contributed by atoms with Gasteiger partial charge in [0.1, 0.15) is 5.75 Å². The number of rotatable bonds is 6. The zero-order valence-corrected chi connectivity index (χ0v) is 15.3. The van der Waals surface area contributed by atoms with E-state index in [0.717, 1.165) is 28.0 Å². The van der Waals surface area contributed by atoms with Gasteiger partial charge in [0.2, 0.25) is 5.91 Å². The molecule has 0 aliphatic rings. The predicted octanol–water partition coefficient (Wildman–Crippen LogP) is 3.52. The Hall–Kier alpha value is -3.08. The fraction of sp³-hybridized carbons (Fsp3) is 0.238. The Morgan fingerprint density at radius 1 is 1.19 bits per heavy atom. The van der Waals surface area contributed by atoms with E-state index in [0.29, 0.717) is 6.42 Å². The zero-order valence-electron chi connectivity index (χ0n) is 15.3. The van der Waals surface area contributed by atoms with Crippen molar-refractivity contribution in [3.8, 4) is 16.9 Å². The normalized spacial score (nSPS) is 11.8. The number of ether oxygens (including phenoxy) is 1. The summed E-state index contributed by atoms with van der Waals surface area (Å²) >= 11 is 0. The van der Waals surface area contributed by atoms with Gasteiger partial charge in [-0.15, -0.1) is 0 Å². The van der Waals surface area contributed by atoms with Gasteiger partial charge in [0, 0.05) is 18.8 Å². The summed E-state index contributed by atoms with van der Waals surface area (Å²) < 4.78 is 7.12. The number of nitrogens with one attached hydrogen (secondary N) is 1. The van der Waals surface area contributed by atoms with Crippen molar-refractivity contribution in [3.63, 3.8) is 0 Å². The van der Waals surface area contributed by atoms with Crippen LogP contribution in [-0.2, 0) is 18.3 Å². The van der Waals surface area contributed by atoms with Crippen LogP contribution in [0.2, 0.25) is 0 Å². The third-order valence-electron chi connectivity index (χ3n) is 4.33. The minimum absolute atomic E-state index is 0.0145. The second kappa shape index (κ2) is 7.87. The summed E-state index contributed by atoms with van der Waals surface area (Å²) in [5.74, 6) is 0.831. The van der Waals surface area contributed by atoms with E-state index >= 15 is 0 Å². The largest absolute Gasteiger partial charge is 0.496 e. The molecule has 2 aromatic carbocycles. The molecule has 0 saturated heterocycles. The number of amides is 1. The molecule has 0 unspecified atom stereocenters. The van der Waals surface area contributed by atoms with E-state index in [2.05, 4.69) is 22.5 Å². The van der Waals surface area contributed by atoms with Gasteiger partial charge in [-0.25, -0.2) is 0 Å². The van der Waals surface area contributed by atoms with Gasteiger partial charge in [-0.3, -0.25) is 9.48 Å². The maximum absolute atomic E-state index is 12.2. The molecule has 1 N–H and O–H groups in total. The highest BCUT2D eigenvalue weighted by Gasteiger charge is 2.12. The molecule has 0 aliphatic carbocycles. The molecule has 26 heavy (non-hydrogen) atoms. The number of hydrogen-bond acceptors (Lipinski definition) is 3. The SMILES string of the molecule is COc1ccccc1-c1ccc([C@H](C)NC(=O)Cc2cnn(C)c2)cc1. The van der Waals surface area contributed by atoms with Crippen molar-refractivity contribution in [1.29, 1.82) is 0 Å². The van der Waals surface area contributed by atoms with Crippen molar-refractivity contribution in [3.05, 3.63) is 72.1 Å². The van der Waals surface area contributed by atoms with Crippen LogP contribution in [0.1, 0.15) is 24.1 Å². The van der Waals surface area contributed by atoms with E-state index in [1.54, 1.807) is 18.0 Å². The Kier molecular flexibility index (Phi) is 5.37. The van der Waals surface area contributed by atoms with E-state index in [4.69, 9.17) is 4.74 Å². The van der Waals surface area contributed by atoms with Crippen molar-refractivity contribution >= 4 is 5.91 Å². The number of carbonyl (C=O) groups excluding carboxylic acids is 1. The van der Waals surface area contributed by atoms with Crippen LogP contribution in [0.25, 0.3) is 11.1 Å². The summed E-state index contributed by atoms with van der Waals surface area (Å²) in [6.07, 6.45) is 3.90. The maximum atomic E-state index is 12.2. The third kappa shape index (κ3) is 4.11. The average molecular weight is 349 g/mol. The highest BCUT2D eigenvalue weighted by atomic mass is 16.5. The molecule has 0 bridgehead atoms. The molecule has 0 fully saturated rings. The minimum Gasteiger partial charge on any atom is -0.496 e. The molecule has 0 spiro atoms. The summed E-state index contributed by atoms with van der Waals surface area (Å²) in [5, 5.41) is 7.12. The number of benzene rings is 2. The molecule has 134 valence electrons. The summed E-state index contributed by atoms with van der Waals surface area (Å²) in [6, 6.07) is 16.0. The van der Waals surface area contributed by atoms with Gasteiger partial charge in [0.25, 0.3) is 0 Å². The lowest BCUT2D eigenvalue weighted by Crippen LogP contribution is -2.27. The van der Waals surface area contributed by atoms with Gasteiger partial charge < -0.3 is 10.1 Å². The molecule has 3 rings (SSSR count). The van der Waals surface area contributed by atoms with Gasteiger partial charge in [0.15, 0.2) is 0 Å². The number of methoxy groups -OCH3 is 1. The lowest BCUT2D eigenvalue weighted by molar-refractivity contribution is -0.121. The lowest BCUT2D eigenvalue weighted by atomic mass is 10.0. The Morgan fingerprint density at radius 2 is 1.92 bits per heavy atom. The molecule has 1 heterocycles. The second-order valence-electron chi connectivity index (χ2n) is 6.31. The van der Waals surface area contributed by atoms with Crippen LogP contribution in [-0.4, -0.2) is 22.8 Å². The van der Waals surface area contributed by atoms with Gasteiger partial charge in [-0.1, -0.05) is 42.5 Å². The topological polar surface area (TPSA) is 56.1 Å². The number of aromatic nitrogens is 2. The highest BCUT2D eigenvalue weighted by Crippen LogP contribution is 2.30. The minimum atomic E-state index is -0.0640. The summed E-state index contributed by atoms with van der Waals surface area (Å²) in [6.45, 7) is 1.99. The molecule has 5 nitrogen and oxygen atoms in total. The van der Waals surface area contributed by atoms with Gasteiger partial charge in [0.05, 0.1) is 25.8 Å². The first-order valence-electron chi connectivity index (χ1n) is 8.57. The number of para-hydroxylation sites is 1. The quantitative estimate of drug-likeness (QED) is 0.741. The fourth-order valence-electron chi connectivity index (χ4n) is 2.96. The molecular formula is C21H23N3O2. The Morgan fingerprint density at radius 3 is 2.58 bits per heavy atom. The highest BCUT2D eigenvalue weighted by molar-refractivity contribution is 5.79. The van der Waals surface area contributed by atoms with Gasteiger partial charge in [-0.2, -0.15) is 5.10 Å². The van der Waals surface area contributed by atoms with Crippen LogP contribution in [0.5, 0.6) is 5.75 Å². The predicted molar refractivity (Wildman–Crippen MR) is 102 cm³/mol. The van der Waals surface area contributed by atoms with E-state index in [1.807, 2.05) is 56.6 Å². The molecule has 1 aromatic heterocycles. The van der Waals surface area contributed by atoms with Crippen LogP contribution in [0, 0.1) is 0 Å².